The van der Waals surface area contributed by atoms with Gasteiger partial charge in [0.15, 0.2) is 0 Å². The average molecular weight is 606 g/mol. The van der Waals surface area contributed by atoms with Crippen LogP contribution in [-0.2, 0) is 5.75 Å². The molecule has 2 aliphatic rings. The van der Waals surface area contributed by atoms with Gasteiger partial charge in [-0.15, -0.1) is 11.3 Å². The van der Waals surface area contributed by atoms with Crippen molar-refractivity contribution in [2.24, 2.45) is 0 Å². The SMILES string of the molecule is CN1CCN(CCCNc2nc(SCc3csc(-c4ccc(Cl)cc4)n3)c(C#N)c(C3CCCCC3)c2C#N)CC1. The largest absolute Gasteiger partial charge is 0.369 e. The van der Waals surface area contributed by atoms with Crippen molar-refractivity contribution in [3.05, 3.63) is 57.1 Å². The highest BCUT2D eigenvalue weighted by atomic mass is 35.5. The second-order valence-electron chi connectivity index (χ2n) is 10.9. The van der Waals surface area contributed by atoms with Crippen LogP contribution in [0.15, 0.2) is 34.7 Å². The Hall–Kier alpha value is -2.66. The lowest BCUT2D eigenvalue weighted by Crippen LogP contribution is -2.44. The lowest BCUT2D eigenvalue weighted by Gasteiger charge is -2.32. The summed E-state index contributed by atoms with van der Waals surface area (Å²) in [6, 6.07) is 12.6. The van der Waals surface area contributed by atoms with E-state index in [4.69, 9.17) is 21.6 Å². The van der Waals surface area contributed by atoms with Crippen molar-refractivity contribution in [2.75, 3.05) is 51.6 Å². The highest BCUT2D eigenvalue weighted by molar-refractivity contribution is 7.98. The number of thioether (sulfide) groups is 1. The van der Waals surface area contributed by atoms with Gasteiger partial charge in [0.2, 0.25) is 0 Å². The van der Waals surface area contributed by atoms with E-state index in [9.17, 15) is 10.5 Å². The molecule has 2 fully saturated rings. The standard InChI is InChI=1S/C31H36ClN7S2/c1-38-14-16-39(17-15-38)13-5-12-35-29-26(18-33)28(22-6-3-2-4-7-22)27(19-34)31(37-29)41-21-25-20-40-30(36-25)23-8-10-24(32)11-9-23/h8-11,20,22H,2-7,12-17,21H2,1H3,(H,35,37). The number of nitriles is 2. The van der Waals surface area contributed by atoms with Crippen LogP contribution >= 0.6 is 34.7 Å². The summed E-state index contributed by atoms with van der Waals surface area (Å²) in [6.07, 6.45) is 6.47. The molecule has 1 aromatic carbocycles. The minimum atomic E-state index is 0.220. The molecule has 0 atom stereocenters. The number of nitrogens with one attached hydrogen (secondary N) is 1. The Morgan fingerprint density at radius 2 is 1.76 bits per heavy atom. The van der Waals surface area contributed by atoms with Crippen LogP contribution in [0.1, 0.15) is 66.8 Å². The van der Waals surface area contributed by atoms with Crippen molar-refractivity contribution in [1.82, 2.24) is 19.8 Å². The second-order valence-corrected chi connectivity index (χ2v) is 13.1. The molecule has 0 amide bonds. The van der Waals surface area contributed by atoms with Crippen molar-refractivity contribution >= 4 is 40.5 Å². The highest BCUT2D eigenvalue weighted by Crippen LogP contribution is 2.41. The van der Waals surface area contributed by atoms with E-state index < -0.39 is 0 Å². The Balaban J connectivity index is 1.35. The third-order valence-electron chi connectivity index (χ3n) is 7.98. The fourth-order valence-corrected chi connectivity index (χ4v) is 7.60. The van der Waals surface area contributed by atoms with E-state index in [1.165, 1.54) is 18.2 Å². The molecule has 0 radical (unpaired) electrons. The molecule has 1 saturated heterocycles. The van der Waals surface area contributed by atoms with Crippen LogP contribution in [0.25, 0.3) is 10.6 Å². The van der Waals surface area contributed by atoms with Crippen LogP contribution in [0.2, 0.25) is 5.02 Å². The summed E-state index contributed by atoms with van der Waals surface area (Å²) in [5.74, 6) is 1.44. The van der Waals surface area contributed by atoms with E-state index in [1.807, 2.05) is 24.3 Å². The number of anilines is 1. The summed E-state index contributed by atoms with van der Waals surface area (Å²) < 4.78 is 0. The molecule has 1 saturated carbocycles. The molecule has 2 aromatic heterocycles. The van der Waals surface area contributed by atoms with Gasteiger partial charge in [0.1, 0.15) is 28.0 Å². The van der Waals surface area contributed by atoms with Crippen LogP contribution < -0.4 is 5.32 Å². The number of likely N-dealkylation sites (N-methyl/N-ethyl adjacent to an activating group) is 1. The number of nitrogens with zero attached hydrogens (tertiary/aromatic N) is 6. The fraction of sp³-hybridized carbons (Fsp3) is 0.484. The van der Waals surface area contributed by atoms with Gasteiger partial charge in [-0.2, -0.15) is 10.5 Å². The fourth-order valence-electron chi connectivity index (χ4n) is 5.66. The molecular weight excluding hydrogens is 570 g/mol. The van der Waals surface area contributed by atoms with Crippen LogP contribution in [-0.4, -0.2) is 66.1 Å². The monoisotopic (exact) mass is 605 g/mol. The molecule has 0 unspecified atom stereocenters. The average Bonchev–Trinajstić information content (AvgIpc) is 3.48. The van der Waals surface area contributed by atoms with E-state index in [0.29, 0.717) is 32.7 Å². The van der Waals surface area contributed by atoms with Gasteiger partial charge < -0.3 is 15.1 Å². The summed E-state index contributed by atoms with van der Waals surface area (Å²) in [6.45, 7) is 6.17. The second kappa shape index (κ2) is 14.5. The summed E-state index contributed by atoms with van der Waals surface area (Å²) in [5, 5.41) is 28.5. The van der Waals surface area contributed by atoms with Crippen LogP contribution in [0.3, 0.4) is 0 Å². The van der Waals surface area contributed by atoms with Gasteiger partial charge in [-0.05, 0) is 56.5 Å². The quantitative estimate of drug-likeness (QED) is 0.195. The van der Waals surface area contributed by atoms with Crippen molar-refractivity contribution < 1.29 is 0 Å². The van der Waals surface area contributed by atoms with E-state index >= 15 is 0 Å². The zero-order valence-electron chi connectivity index (χ0n) is 23.5. The third-order valence-corrected chi connectivity index (χ3v) is 10.2. The van der Waals surface area contributed by atoms with E-state index in [0.717, 1.165) is 93.2 Å². The first-order chi connectivity index (χ1) is 20.1. The Morgan fingerprint density at radius 3 is 2.46 bits per heavy atom. The molecule has 0 spiro atoms. The van der Waals surface area contributed by atoms with Gasteiger partial charge in [0.05, 0.1) is 16.8 Å². The number of pyridine rings is 1. The minimum Gasteiger partial charge on any atom is -0.369 e. The van der Waals surface area contributed by atoms with Gasteiger partial charge in [-0.1, -0.05) is 54.8 Å². The van der Waals surface area contributed by atoms with E-state index in [1.54, 1.807) is 11.3 Å². The Bertz CT molecular complexity index is 1400. The molecule has 3 heterocycles. The molecule has 214 valence electrons. The van der Waals surface area contributed by atoms with Crippen molar-refractivity contribution in [2.45, 2.75) is 55.2 Å². The molecule has 7 nitrogen and oxygen atoms in total. The number of piperazine rings is 1. The summed E-state index contributed by atoms with van der Waals surface area (Å²) >= 11 is 9.19. The van der Waals surface area contributed by atoms with E-state index in [-0.39, 0.29) is 5.92 Å². The first kappa shape index (κ1) is 29.8. The van der Waals surface area contributed by atoms with E-state index in [2.05, 4.69) is 39.7 Å². The zero-order valence-corrected chi connectivity index (χ0v) is 25.9. The number of hydrogen-bond donors (Lipinski definition) is 1. The molecule has 1 aliphatic carbocycles. The number of aromatic nitrogens is 2. The predicted octanol–water partition coefficient (Wildman–Crippen LogP) is 6.99. The van der Waals surface area contributed by atoms with Gasteiger partial charge in [0.25, 0.3) is 0 Å². The Kier molecular flexibility index (Phi) is 10.5. The first-order valence-corrected chi connectivity index (χ1v) is 16.7. The molecule has 5 rings (SSSR count). The van der Waals surface area contributed by atoms with Gasteiger partial charge in [-0.3, -0.25) is 0 Å². The molecule has 0 bridgehead atoms. The molecule has 1 N–H and O–H groups in total. The van der Waals surface area contributed by atoms with Crippen molar-refractivity contribution in [1.29, 1.82) is 10.5 Å². The molecule has 1 aliphatic heterocycles. The maximum Gasteiger partial charge on any atom is 0.145 e. The summed E-state index contributed by atoms with van der Waals surface area (Å²) in [5.41, 5.74) is 3.99. The number of hydrogen-bond acceptors (Lipinski definition) is 9. The van der Waals surface area contributed by atoms with Crippen LogP contribution in [0.5, 0.6) is 0 Å². The lowest BCUT2D eigenvalue weighted by molar-refractivity contribution is 0.154. The maximum absolute atomic E-state index is 10.3. The third kappa shape index (κ3) is 7.60. The topological polar surface area (TPSA) is 91.9 Å². The minimum absolute atomic E-state index is 0.220. The van der Waals surface area contributed by atoms with Gasteiger partial charge >= 0.3 is 0 Å². The molecule has 41 heavy (non-hydrogen) atoms. The van der Waals surface area contributed by atoms with Crippen LogP contribution in [0.4, 0.5) is 5.82 Å². The summed E-state index contributed by atoms with van der Waals surface area (Å²) in [7, 11) is 2.17. The predicted molar refractivity (Wildman–Crippen MR) is 169 cm³/mol. The maximum atomic E-state index is 10.3. The highest BCUT2D eigenvalue weighted by Gasteiger charge is 2.28. The van der Waals surface area contributed by atoms with Crippen molar-refractivity contribution in [3.63, 3.8) is 0 Å². The number of rotatable bonds is 10. The Labute approximate surface area is 256 Å². The summed E-state index contributed by atoms with van der Waals surface area (Å²) in [4.78, 5) is 14.6. The van der Waals surface area contributed by atoms with Gasteiger partial charge in [-0.25, -0.2) is 9.97 Å². The normalized spacial score (nSPS) is 16.8. The Morgan fingerprint density at radius 1 is 1.02 bits per heavy atom. The zero-order chi connectivity index (χ0) is 28.6. The van der Waals surface area contributed by atoms with Crippen molar-refractivity contribution in [3.8, 4) is 22.7 Å². The first-order valence-electron chi connectivity index (χ1n) is 14.4. The molecule has 10 heteroatoms. The van der Waals surface area contributed by atoms with Crippen LogP contribution in [0, 0.1) is 22.7 Å². The number of benzene rings is 1. The molecular formula is C31H36ClN7S2. The lowest BCUT2D eigenvalue weighted by atomic mass is 9.80. The number of thiazole rings is 1. The van der Waals surface area contributed by atoms with Gasteiger partial charge in [0, 0.05) is 54.4 Å². The molecule has 3 aromatic rings. The smallest absolute Gasteiger partial charge is 0.145 e. The number of halogens is 1.